The molecule has 208 valence electrons. The lowest BCUT2D eigenvalue weighted by atomic mass is 10.1. The molecule has 14 heteroatoms. The van der Waals surface area contributed by atoms with Gasteiger partial charge in [-0.1, -0.05) is 17.7 Å². The van der Waals surface area contributed by atoms with Gasteiger partial charge in [0.1, 0.15) is 30.2 Å². The summed E-state index contributed by atoms with van der Waals surface area (Å²) in [4.78, 5) is 33.8. The summed E-state index contributed by atoms with van der Waals surface area (Å²) in [6.07, 6.45) is 5.47. The Labute approximate surface area is 233 Å². The molecule has 4 rings (SSSR count). The van der Waals surface area contributed by atoms with Crippen molar-refractivity contribution in [3.8, 4) is 17.4 Å². The van der Waals surface area contributed by atoms with Crippen LogP contribution in [0.4, 0.5) is 21.6 Å². The number of amides is 1. The number of benzene rings is 2. The molecule has 3 N–H and O–H groups in total. The minimum absolute atomic E-state index is 0.180. The first kappa shape index (κ1) is 28.3. The Morgan fingerprint density at radius 2 is 2.00 bits per heavy atom. The fraction of sp³-hybridized carbons (Fsp3) is 0.192. The molecule has 4 aromatic rings. The predicted octanol–water partition coefficient (Wildman–Crippen LogP) is 4.30. The van der Waals surface area contributed by atoms with E-state index < -0.39 is 18.3 Å². The number of aliphatic carboxylic acids is 1. The van der Waals surface area contributed by atoms with E-state index in [2.05, 4.69) is 25.7 Å². The topological polar surface area (TPSA) is 144 Å². The number of methoxy groups -OCH3 is 1. The summed E-state index contributed by atoms with van der Waals surface area (Å²) in [7, 11) is 5.29. The van der Waals surface area contributed by atoms with Gasteiger partial charge in [-0.3, -0.25) is 14.3 Å². The molecule has 2 aromatic heterocycles. The van der Waals surface area contributed by atoms with E-state index >= 15 is 0 Å². The number of carboxylic acids is 1. The molecule has 0 bridgehead atoms. The number of halogens is 2. The number of anilines is 3. The highest BCUT2D eigenvalue weighted by atomic mass is 35.5. The third-order valence-corrected chi connectivity index (χ3v) is 5.66. The van der Waals surface area contributed by atoms with Crippen molar-refractivity contribution in [3.05, 3.63) is 65.8 Å². The maximum absolute atomic E-state index is 14.1. The van der Waals surface area contributed by atoms with Gasteiger partial charge in [0, 0.05) is 30.1 Å². The highest BCUT2D eigenvalue weighted by Crippen LogP contribution is 2.36. The van der Waals surface area contributed by atoms with Crippen LogP contribution >= 0.6 is 11.6 Å². The third kappa shape index (κ3) is 7.01. The highest BCUT2D eigenvalue weighted by molar-refractivity contribution is 6.33. The first-order valence-electron chi connectivity index (χ1n) is 11.8. The number of rotatable bonds is 11. The van der Waals surface area contributed by atoms with Crippen LogP contribution in [0.15, 0.2) is 55.0 Å². The average molecular weight is 570 g/mol. The van der Waals surface area contributed by atoms with Crippen molar-refractivity contribution in [1.29, 1.82) is 0 Å². The maximum Gasteiger partial charge on any atom is 0.325 e. The van der Waals surface area contributed by atoms with Crippen molar-refractivity contribution in [2.24, 2.45) is 0 Å². The van der Waals surface area contributed by atoms with Gasteiger partial charge >= 0.3 is 5.97 Å². The van der Waals surface area contributed by atoms with Crippen LogP contribution in [0.3, 0.4) is 0 Å². The van der Waals surface area contributed by atoms with Gasteiger partial charge in [-0.2, -0.15) is 4.39 Å². The van der Waals surface area contributed by atoms with E-state index in [1.54, 1.807) is 24.3 Å². The number of hydrogen-bond donors (Lipinski definition) is 3. The normalized spacial score (nSPS) is 11.2. The summed E-state index contributed by atoms with van der Waals surface area (Å²) >= 11 is 6.46. The molecule has 2 heterocycles. The number of carbonyl (C=O) groups excluding carboxylic acids is 1. The molecule has 12 nitrogen and oxygen atoms in total. The van der Waals surface area contributed by atoms with Crippen molar-refractivity contribution in [1.82, 2.24) is 24.6 Å². The first-order valence-corrected chi connectivity index (χ1v) is 12.1. The smallest absolute Gasteiger partial charge is 0.325 e. The van der Waals surface area contributed by atoms with Crippen LogP contribution in [-0.2, 0) is 16.1 Å². The lowest BCUT2D eigenvalue weighted by Gasteiger charge is -2.14. The highest BCUT2D eigenvalue weighted by Gasteiger charge is 2.16. The number of nitrogens with one attached hydrogen (secondary N) is 2. The van der Waals surface area contributed by atoms with Crippen LogP contribution in [-0.4, -0.2) is 69.4 Å². The molecule has 0 aliphatic rings. The van der Waals surface area contributed by atoms with E-state index in [1.807, 2.05) is 19.0 Å². The number of fused-ring (bicyclic) bond motifs is 1. The van der Waals surface area contributed by atoms with Crippen LogP contribution in [0.5, 0.6) is 17.4 Å². The number of carbonyl (C=O) groups is 2. The van der Waals surface area contributed by atoms with Gasteiger partial charge in [0.05, 0.1) is 35.2 Å². The van der Waals surface area contributed by atoms with Gasteiger partial charge in [-0.25, -0.2) is 9.97 Å². The molecular weight excluding hydrogens is 545 g/mol. The lowest BCUT2D eigenvalue weighted by Crippen LogP contribution is -2.13. The van der Waals surface area contributed by atoms with Gasteiger partial charge < -0.3 is 30.1 Å². The molecule has 0 fully saturated rings. The number of likely N-dealkylation sites (N-methyl/N-ethyl adjacent to an activating group) is 1. The fourth-order valence-corrected chi connectivity index (χ4v) is 3.78. The monoisotopic (exact) mass is 569 g/mol. The number of hydrogen-bond acceptors (Lipinski definition) is 9. The van der Waals surface area contributed by atoms with Crippen LogP contribution < -0.4 is 20.1 Å². The van der Waals surface area contributed by atoms with Crippen molar-refractivity contribution >= 4 is 51.6 Å². The molecule has 1 amide bonds. The van der Waals surface area contributed by atoms with E-state index in [0.29, 0.717) is 40.4 Å². The largest absolute Gasteiger partial charge is 0.494 e. The van der Waals surface area contributed by atoms with Crippen molar-refractivity contribution in [2.45, 2.75) is 6.54 Å². The zero-order valence-electron chi connectivity index (χ0n) is 21.7. The Balaban J connectivity index is 1.57. The standard InChI is InChI=1S/C26H25ClFN7O5/c1-34(2)8-4-5-23(36)31-21-10-16-20(11-22(21)39-3)29-14-30-25(16)32-19-7-6-15(9-17(19)27)40-26-18(28)12-35(33-26)13-24(37)38/h4-7,9-12,14H,8,13H2,1-3H3,(H,31,36)(H,37,38)(H,29,30,32)/b5-4+. The van der Waals surface area contributed by atoms with Gasteiger partial charge in [-0.05, 0) is 32.3 Å². The maximum atomic E-state index is 14.1. The molecule has 40 heavy (non-hydrogen) atoms. The second kappa shape index (κ2) is 12.4. The van der Waals surface area contributed by atoms with Crippen LogP contribution in [0.2, 0.25) is 5.02 Å². The van der Waals surface area contributed by atoms with Gasteiger partial charge in [0.25, 0.3) is 5.88 Å². The van der Waals surface area contributed by atoms with E-state index in [1.165, 1.54) is 31.6 Å². The zero-order valence-corrected chi connectivity index (χ0v) is 22.4. The molecule has 0 aliphatic carbocycles. The summed E-state index contributed by atoms with van der Waals surface area (Å²) in [5, 5.41) is 19.4. The Morgan fingerprint density at radius 1 is 1.20 bits per heavy atom. The summed E-state index contributed by atoms with van der Waals surface area (Å²) < 4.78 is 25.9. The van der Waals surface area contributed by atoms with Crippen molar-refractivity contribution in [3.63, 3.8) is 0 Å². The van der Waals surface area contributed by atoms with Gasteiger partial charge in [-0.15, -0.1) is 5.10 Å². The molecule has 0 radical (unpaired) electrons. The Kier molecular flexibility index (Phi) is 8.76. The summed E-state index contributed by atoms with van der Waals surface area (Å²) in [5.41, 5.74) is 1.43. The quantitative estimate of drug-likeness (QED) is 0.224. The molecule has 0 atom stereocenters. The molecule has 0 saturated heterocycles. The van der Waals surface area contributed by atoms with Gasteiger partial charge in [0.2, 0.25) is 11.7 Å². The van der Waals surface area contributed by atoms with Gasteiger partial charge in [0.15, 0.2) is 0 Å². The van der Waals surface area contributed by atoms with E-state index in [0.717, 1.165) is 10.9 Å². The first-order chi connectivity index (χ1) is 19.1. The average Bonchev–Trinajstić information content (AvgIpc) is 3.22. The second-order valence-electron chi connectivity index (χ2n) is 8.69. The van der Waals surface area contributed by atoms with Crippen LogP contribution in [0, 0.1) is 5.82 Å². The number of nitrogens with zero attached hydrogens (tertiary/aromatic N) is 5. The second-order valence-corrected chi connectivity index (χ2v) is 9.10. The molecule has 2 aromatic carbocycles. The number of ether oxygens (including phenoxy) is 2. The fourth-order valence-electron chi connectivity index (χ4n) is 3.56. The number of aromatic nitrogens is 4. The molecule has 0 spiro atoms. The van der Waals surface area contributed by atoms with Crippen molar-refractivity contribution in [2.75, 3.05) is 38.4 Å². The summed E-state index contributed by atoms with van der Waals surface area (Å²) in [6.45, 7) is 0.0961. The number of carboxylic acid groups (broad SMARTS) is 1. The third-order valence-electron chi connectivity index (χ3n) is 5.35. The minimum Gasteiger partial charge on any atom is -0.494 e. The lowest BCUT2D eigenvalue weighted by molar-refractivity contribution is -0.137. The predicted molar refractivity (Wildman–Crippen MR) is 147 cm³/mol. The minimum atomic E-state index is -1.17. The van der Waals surface area contributed by atoms with Crippen LogP contribution in [0.1, 0.15) is 0 Å². The van der Waals surface area contributed by atoms with E-state index in [9.17, 15) is 14.0 Å². The van der Waals surface area contributed by atoms with Crippen LogP contribution in [0.25, 0.3) is 10.9 Å². The zero-order chi connectivity index (χ0) is 28.8. The Bertz CT molecular complexity index is 1590. The summed E-state index contributed by atoms with van der Waals surface area (Å²) in [6, 6.07) is 7.94. The molecule has 0 saturated carbocycles. The molecule has 0 aliphatic heterocycles. The SMILES string of the molecule is COc1cc2ncnc(Nc3ccc(Oc4nn(CC(=O)O)cc4F)cc3Cl)c2cc1NC(=O)/C=C/CN(C)C. The van der Waals surface area contributed by atoms with Crippen molar-refractivity contribution < 1.29 is 28.6 Å². The Hall–Kier alpha value is -4.75. The van der Waals surface area contributed by atoms with E-state index in [4.69, 9.17) is 26.2 Å². The molecular formula is C26H25ClFN7O5. The summed E-state index contributed by atoms with van der Waals surface area (Å²) in [5.74, 6) is -1.70. The Morgan fingerprint density at radius 3 is 2.70 bits per heavy atom. The molecule has 0 unspecified atom stereocenters. The van der Waals surface area contributed by atoms with E-state index in [-0.39, 0.29) is 22.6 Å².